The van der Waals surface area contributed by atoms with Crippen LogP contribution in [0.3, 0.4) is 0 Å². The number of Topliss-reactive ketones (excluding diaryl/α,β-unsaturated/α-hetero) is 1. The van der Waals surface area contributed by atoms with E-state index in [1.54, 1.807) is 31.5 Å². The molecule has 0 fully saturated rings. The number of rotatable bonds is 6. The van der Waals surface area contributed by atoms with Crippen molar-refractivity contribution < 1.29 is 13.6 Å². The number of carbonyl (C=O) groups is 1. The van der Waals surface area contributed by atoms with Crippen LogP contribution in [0, 0.1) is 12.7 Å². The summed E-state index contributed by atoms with van der Waals surface area (Å²) >= 11 is 0. The van der Waals surface area contributed by atoms with Gasteiger partial charge < -0.3 is 15.5 Å². The Kier molecular flexibility index (Phi) is 6.51. The van der Waals surface area contributed by atoms with Crippen molar-refractivity contribution in [2.45, 2.75) is 26.8 Å². The molecule has 0 radical (unpaired) electrons. The highest BCUT2D eigenvalue weighted by molar-refractivity contribution is 5.99. The first-order chi connectivity index (χ1) is 16.7. The second kappa shape index (κ2) is 9.54. The topological polar surface area (TPSA) is 97.7 Å². The maximum atomic E-state index is 13.7. The summed E-state index contributed by atoms with van der Waals surface area (Å²) < 4.78 is 20.0. The molecule has 0 spiro atoms. The first-order valence-corrected chi connectivity index (χ1v) is 11.2. The van der Waals surface area contributed by atoms with E-state index < -0.39 is 5.82 Å². The molecule has 178 valence electrons. The van der Waals surface area contributed by atoms with E-state index in [-0.39, 0.29) is 22.8 Å². The van der Waals surface area contributed by atoms with E-state index >= 15 is 0 Å². The lowest BCUT2D eigenvalue weighted by atomic mass is 9.99. The number of carbonyl (C=O) groups excluding carboxylic acids is 1. The summed E-state index contributed by atoms with van der Waals surface area (Å²) in [6.45, 7) is 5.19. The number of halogens is 1. The summed E-state index contributed by atoms with van der Waals surface area (Å²) in [5, 5.41) is 3.74. The lowest BCUT2D eigenvalue weighted by Gasteiger charge is -2.20. The van der Waals surface area contributed by atoms with Gasteiger partial charge in [-0.05, 0) is 68.8 Å². The predicted molar refractivity (Wildman–Crippen MR) is 139 cm³/mol. The molecule has 7 heteroatoms. The van der Waals surface area contributed by atoms with Gasteiger partial charge in [-0.2, -0.15) is 0 Å². The molecular weight excluding hydrogens is 445 g/mol. The largest absolute Gasteiger partial charge is 0.455 e. The van der Waals surface area contributed by atoms with Crippen molar-refractivity contribution in [1.82, 2.24) is 0 Å². The molecular formula is C28H26FN3O3. The van der Waals surface area contributed by atoms with Gasteiger partial charge in [0.1, 0.15) is 17.2 Å². The van der Waals surface area contributed by atoms with Crippen molar-refractivity contribution in [3.05, 3.63) is 92.9 Å². The maximum absolute atomic E-state index is 13.7. The fraction of sp³-hybridized carbons (Fsp3) is 0.179. The zero-order valence-corrected chi connectivity index (χ0v) is 20.0. The Morgan fingerprint density at radius 2 is 1.91 bits per heavy atom. The van der Waals surface area contributed by atoms with E-state index in [0.717, 1.165) is 16.7 Å². The van der Waals surface area contributed by atoms with Gasteiger partial charge in [0.15, 0.2) is 11.2 Å². The first-order valence-electron chi connectivity index (χ1n) is 11.2. The number of hydrogen-bond donors (Lipinski definition) is 2. The van der Waals surface area contributed by atoms with Crippen molar-refractivity contribution in [2.75, 3.05) is 18.1 Å². The lowest BCUT2D eigenvalue weighted by Crippen LogP contribution is -2.12. The van der Waals surface area contributed by atoms with E-state index in [9.17, 15) is 14.0 Å². The van der Waals surface area contributed by atoms with E-state index in [2.05, 4.69) is 10.3 Å². The molecule has 0 bridgehead atoms. The zero-order chi connectivity index (χ0) is 25.3. The van der Waals surface area contributed by atoms with Crippen LogP contribution in [0.25, 0.3) is 22.3 Å². The van der Waals surface area contributed by atoms with Gasteiger partial charge in [0.2, 0.25) is 0 Å². The molecule has 35 heavy (non-hydrogen) atoms. The number of nitrogen functional groups attached to an aromatic ring is 1. The number of aliphatic imine (C=N–C) groups is 1. The Morgan fingerprint density at radius 3 is 2.63 bits per heavy atom. The minimum absolute atomic E-state index is 0.174. The molecule has 0 saturated heterocycles. The number of hydrogen-bond acceptors (Lipinski definition) is 6. The Morgan fingerprint density at radius 1 is 1.14 bits per heavy atom. The minimum atomic E-state index is -0.485. The third-order valence-electron chi connectivity index (χ3n) is 5.84. The normalized spacial score (nSPS) is 12.3. The number of nitrogens with two attached hydrogens (primary N) is 1. The molecule has 0 aliphatic carbocycles. The van der Waals surface area contributed by atoms with E-state index in [4.69, 9.17) is 10.2 Å². The van der Waals surface area contributed by atoms with Gasteiger partial charge in [-0.25, -0.2) is 4.39 Å². The molecule has 4 aromatic rings. The Labute approximate surface area is 202 Å². The molecule has 3 aromatic carbocycles. The molecule has 0 saturated carbocycles. The second-order valence-electron chi connectivity index (χ2n) is 8.55. The quantitative estimate of drug-likeness (QED) is 0.207. The van der Waals surface area contributed by atoms with Crippen LogP contribution in [0.4, 0.5) is 15.8 Å². The number of benzene rings is 3. The Balaban J connectivity index is 1.85. The average molecular weight is 472 g/mol. The third-order valence-corrected chi connectivity index (χ3v) is 5.84. The van der Waals surface area contributed by atoms with Gasteiger partial charge >= 0.3 is 0 Å². The Bertz CT molecular complexity index is 1540. The monoisotopic (exact) mass is 471 g/mol. The van der Waals surface area contributed by atoms with Crippen molar-refractivity contribution in [3.63, 3.8) is 0 Å². The van der Waals surface area contributed by atoms with E-state index in [0.29, 0.717) is 33.7 Å². The summed E-state index contributed by atoms with van der Waals surface area (Å²) in [6, 6.07) is 14.2. The molecule has 1 heterocycles. The fourth-order valence-electron chi connectivity index (χ4n) is 4.12. The van der Waals surface area contributed by atoms with Crippen molar-refractivity contribution in [1.29, 1.82) is 0 Å². The highest BCUT2D eigenvalue weighted by atomic mass is 19.1. The summed E-state index contributed by atoms with van der Waals surface area (Å²) in [6.07, 6.45) is 1.65. The summed E-state index contributed by atoms with van der Waals surface area (Å²) in [5.74, 6) is -0.338. The number of fused-ring (bicyclic) bond motifs is 1. The minimum Gasteiger partial charge on any atom is -0.455 e. The fourth-order valence-corrected chi connectivity index (χ4v) is 4.12. The standard InChI is InChI=1S/C28H26FN3O3/c1-15-9-21(16(2)32-25-8-6-20(29)12-22(25)17(3)33)28-23(10-15)26(34)13-27(35-28)18-5-7-24(30)19(11-18)14-31-4/h5-14,16,32H,30H2,1-4H3. The van der Waals surface area contributed by atoms with Crippen molar-refractivity contribution in [2.24, 2.45) is 4.99 Å². The number of nitrogens with zero attached hydrogens (tertiary/aromatic N) is 1. The summed E-state index contributed by atoms with van der Waals surface area (Å²) in [7, 11) is 1.66. The molecule has 3 N–H and O–H groups in total. The zero-order valence-electron chi connectivity index (χ0n) is 20.0. The van der Waals surface area contributed by atoms with Gasteiger partial charge in [-0.3, -0.25) is 14.6 Å². The Hall–Kier alpha value is -4.26. The van der Waals surface area contributed by atoms with Crippen LogP contribution in [0.5, 0.6) is 0 Å². The van der Waals surface area contributed by atoms with Crippen LogP contribution in [-0.2, 0) is 0 Å². The van der Waals surface area contributed by atoms with Crippen LogP contribution in [-0.4, -0.2) is 19.0 Å². The maximum Gasteiger partial charge on any atom is 0.193 e. The van der Waals surface area contributed by atoms with Crippen molar-refractivity contribution in [3.8, 4) is 11.3 Å². The highest BCUT2D eigenvalue weighted by Crippen LogP contribution is 2.32. The molecule has 1 atom stereocenters. The van der Waals surface area contributed by atoms with Gasteiger partial charge in [0, 0.05) is 53.0 Å². The van der Waals surface area contributed by atoms with Crippen LogP contribution in [0.2, 0.25) is 0 Å². The molecule has 4 rings (SSSR count). The number of nitrogens with one attached hydrogen (secondary N) is 1. The predicted octanol–water partition coefficient (Wildman–Crippen LogP) is 5.91. The van der Waals surface area contributed by atoms with E-state index in [1.165, 1.54) is 31.2 Å². The molecule has 1 unspecified atom stereocenters. The number of anilines is 2. The van der Waals surface area contributed by atoms with E-state index in [1.807, 2.05) is 26.0 Å². The van der Waals surface area contributed by atoms with Gasteiger partial charge in [0.05, 0.1) is 11.4 Å². The van der Waals surface area contributed by atoms with Gasteiger partial charge in [-0.15, -0.1) is 0 Å². The first kappa shape index (κ1) is 23.9. The molecule has 0 aliphatic heterocycles. The lowest BCUT2D eigenvalue weighted by molar-refractivity contribution is 0.101. The molecule has 1 aromatic heterocycles. The van der Waals surface area contributed by atoms with Crippen LogP contribution in [0.1, 0.15) is 46.9 Å². The van der Waals surface area contributed by atoms with Crippen LogP contribution >= 0.6 is 0 Å². The van der Waals surface area contributed by atoms with Crippen LogP contribution < -0.4 is 16.5 Å². The van der Waals surface area contributed by atoms with Gasteiger partial charge in [0.25, 0.3) is 0 Å². The summed E-state index contributed by atoms with van der Waals surface area (Å²) in [4.78, 5) is 29.2. The third kappa shape index (κ3) is 4.84. The van der Waals surface area contributed by atoms with Crippen LogP contribution in [0.15, 0.2) is 68.8 Å². The molecule has 0 amide bonds. The number of aryl methyl sites for hydroxylation is 1. The average Bonchev–Trinajstić information content (AvgIpc) is 2.81. The summed E-state index contributed by atoms with van der Waals surface area (Å²) in [5.41, 5.74) is 10.7. The molecule has 6 nitrogen and oxygen atoms in total. The smallest absolute Gasteiger partial charge is 0.193 e. The second-order valence-corrected chi connectivity index (χ2v) is 8.55. The number of ketones is 1. The highest BCUT2D eigenvalue weighted by Gasteiger charge is 2.18. The van der Waals surface area contributed by atoms with Crippen molar-refractivity contribution >= 4 is 34.3 Å². The molecule has 0 aliphatic rings. The SMILES string of the molecule is CN=Cc1cc(-c2cc(=O)c3cc(C)cc(C(C)Nc4ccc(F)cc4C(C)=O)c3o2)ccc1N. The van der Waals surface area contributed by atoms with Gasteiger partial charge in [-0.1, -0.05) is 6.07 Å².